The fourth-order valence-corrected chi connectivity index (χ4v) is 0.932. The van der Waals surface area contributed by atoms with Crippen molar-refractivity contribution in [3.63, 3.8) is 0 Å². The summed E-state index contributed by atoms with van der Waals surface area (Å²) in [4.78, 5) is 10.3. The van der Waals surface area contributed by atoms with Crippen molar-refractivity contribution in [2.45, 2.75) is 33.6 Å². The second-order valence-corrected chi connectivity index (χ2v) is 2.74. The molecule has 0 saturated heterocycles. The lowest BCUT2D eigenvalue weighted by molar-refractivity contribution is -0.136. The van der Waals surface area contributed by atoms with E-state index in [-0.39, 0.29) is 6.42 Å². The molecule has 1 radical (unpaired) electrons. The molecule has 0 saturated carbocycles. The van der Waals surface area contributed by atoms with E-state index < -0.39 is 5.97 Å². The van der Waals surface area contributed by atoms with Gasteiger partial charge in [-0.15, -0.1) is 0 Å². The van der Waals surface area contributed by atoms with Crippen molar-refractivity contribution in [1.29, 1.82) is 0 Å². The maximum absolute atomic E-state index is 10.3. The molecule has 1 N–H and O–H groups in total. The Bertz CT molecular complexity index is 108. The normalized spacial score (nSPS) is 10.9. The molecule has 0 unspecified atom stereocenters. The van der Waals surface area contributed by atoms with Gasteiger partial charge in [-0.3, -0.25) is 4.79 Å². The van der Waals surface area contributed by atoms with E-state index in [0.717, 1.165) is 12.3 Å². The van der Waals surface area contributed by atoms with Crippen LogP contribution in [0.1, 0.15) is 33.6 Å². The SMILES string of the molecule is CC[C](CC(=O)O)C(C)C. The Balaban J connectivity index is 3.71. The highest BCUT2D eigenvalue weighted by Crippen LogP contribution is 2.20. The summed E-state index contributed by atoms with van der Waals surface area (Å²) in [5.74, 6) is 0.805. The van der Waals surface area contributed by atoms with Crippen molar-refractivity contribution < 1.29 is 9.90 Å². The van der Waals surface area contributed by atoms with Gasteiger partial charge in [0, 0.05) is 0 Å². The van der Waals surface area contributed by atoms with Gasteiger partial charge in [0.2, 0.25) is 0 Å². The number of carboxylic acids is 1. The molecule has 0 aromatic rings. The molecule has 0 aliphatic rings. The van der Waals surface area contributed by atoms with Crippen molar-refractivity contribution in [2.75, 3.05) is 0 Å². The molecule has 0 heterocycles. The summed E-state index contributed by atoms with van der Waals surface area (Å²) < 4.78 is 0. The van der Waals surface area contributed by atoms with Crippen LogP contribution in [0.4, 0.5) is 0 Å². The molecule has 0 aliphatic carbocycles. The summed E-state index contributed by atoms with van der Waals surface area (Å²) in [7, 11) is 0. The third-order valence-electron chi connectivity index (χ3n) is 1.65. The maximum Gasteiger partial charge on any atom is 0.303 e. The molecular weight excluding hydrogens is 128 g/mol. The van der Waals surface area contributed by atoms with Crippen LogP contribution in [0.3, 0.4) is 0 Å². The van der Waals surface area contributed by atoms with Crippen molar-refractivity contribution in [3.8, 4) is 0 Å². The molecule has 0 spiro atoms. The smallest absolute Gasteiger partial charge is 0.303 e. The molecule has 2 heteroatoms. The topological polar surface area (TPSA) is 37.3 Å². The van der Waals surface area contributed by atoms with Crippen LogP contribution < -0.4 is 0 Å². The Hall–Kier alpha value is -0.530. The third-order valence-corrected chi connectivity index (χ3v) is 1.65. The second kappa shape index (κ2) is 4.31. The number of rotatable bonds is 4. The predicted molar refractivity (Wildman–Crippen MR) is 40.6 cm³/mol. The molecule has 0 atom stereocenters. The van der Waals surface area contributed by atoms with Gasteiger partial charge in [-0.05, 0) is 18.3 Å². The van der Waals surface area contributed by atoms with E-state index in [1.165, 1.54) is 0 Å². The van der Waals surface area contributed by atoms with Crippen LogP contribution in [-0.2, 0) is 4.79 Å². The lowest BCUT2D eigenvalue weighted by Crippen LogP contribution is -2.10. The van der Waals surface area contributed by atoms with Gasteiger partial charge in [-0.2, -0.15) is 0 Å². The first kappa shape index (κ1) is 9.47. The molecular formula is C8H15O2. The summed E-state index contributed by atoms with van der Waals surface area (Å²) in [5, 5.41) is 8.44. The highest BCUT2D eigenvalue weighted by atomic mass is 16.4. The average molecular weight is 143 g/mol. The molecule has 0 aliphatic heterocycles. The summed E-state index contributed by atoms with van der Waals surface area (Å²) in [6.45, 7) is 6.06. The Morgan fingerprint density at radius 1 is 1.50 bits per heavy atom. The minimum atomic E-state index is -0.717. The van der Waals surface area contributed by atoms with E-state index in [0.29, 0.717) is 5.92 Å². The zero-order valence-corrected chi connectivity index (χ0v) is 6.85. The standard InChI is InChI=1S/C8H15O2/c1-4-7(6(2)3)5-8(9)10/h6H,4-5H2,1-3H3,(H,9,10). The zero-order valence-electron chi connectivity index (χ0n) is 6.85. The highest BCUT2D eigenvalue weighted by Gasteiger charge is 2.14. The van der Waals surface area contributed by atoms with Gasteiger partial charge in [-0.1, -0.05) is 20.8 Å². The van der Waals surface area contributed by atoms with Crippen LogP contribution >= 0.6 is 0 Å². The maximum atomic E-state index is 10.3. The number of carboxylic acid groups (broad SMARTS) is 1. The van der Waals surface area contributed by atoms with Crippen molar-refractivity contribution >= 4 is 5.97 Å². The Labute approximate surface area is 62.2 Å². The zero-order chi connectivity index (χ0) is 8.15. The Morgan fingerprint density at radius 2 is 2.00 bits per heavy atom. The molecule has 0 aromatic heterocycles. The molecule has 0 fully saturated rings. The van der Waals surface area contributed by atoms with E-state index in [1.807, 2.05) is 20.8 Å². The minimum absolute atomic E-state index is 0.230. The Kier molecular flexibility index (Phi) is 4.08. The summed E-state index contributed by atoms with van der Waals surface area (Å²) in [6.07, 6.45) is 1.11. The van der Waals surface area contributed by atoms with Gasteiger partial charge in [0.1, 0.15) is 0 Å². The molecule has 59 valence electrons. The van der Waals surface area contributed by atoms with Gasteiger partial charge >= 0.3 is 5.97 Å². The van der Waals surface area contributed by atoms with Gasteiger partial charge < -0.3 is 5.11 Å². The fourth-order valence-electron chi connectivity index (χ4n) is 0.932. The summed E-state index contributed by atoms with van der Waals surface area (Å²) >= 11 is 0. The van der Waals surface area contributed by atoms with E-state index in [4.69, 9.17) is 5.11 Å². The molecule has 0 aromatic carbocycles. The number of carbonyl (C=O) groups is 1. The van der Waals surface area contributed by atoms with Gasteiger partial charge in [0.15, 0.2) is 0 Å². The molecule has 2 nitrogen and oxygen atoms in total. The van der Waals surface area contributed by atoms with Crippen LogP contribution in [0.25, 0.3) is 0 Å². The van der Waals surface area contributed by atoms with Gasteiger partial charge in [0.25, 0.3) is 0 Å². The van der Waals surface area contributed by atoms with E-state index in [2.05, 4.69) is 0 Å². The first-order valence-electron chi connectivity index (χ1n) is 3.64. The van der Waals surface area contributed by atoms with Crippen LogP contribution in [0.5, 0.6) is 0 Å². The van der Waals surface area contributed by atoms with Crippen LogP contribution in [0.15, 0.2) is 0 Å². The lowest BCUT2D eigenvalue weighted by Gasteiger charge is -2.14. The van der Waals surface area contributed by atoms with Gasteiger partial charge in [-0.25, -0.2) is 0 Å². The fraction of sp³-hybridized carbons (Fsp3) is 0.750. The predicted octanol–water partition coefficient (Wildman–Crippen LogP) is 2.10. The monoisotopic (exact) mass is 143 g/mol. The molecule has 0 amide bonds. The summed E-state index contributed by atoms with van der Waals surface area (Å²) in [6, 6.07) is 0. The lowest BCUT2D eigenvalue weighted by atomic mass is 9.90. The Morgan fingerprint density at radius 3 is 2.10 bits per heavy atom. The highest BCUT2D eigenvalue weighted by molar-refractivity contribution is 5.69. The van der Waals surface area contributed by atoms with Gasteiger partial charge in [0.05, 0.1) is 6.42 Å². The number of hydrogen-bond acceptors (Lipinski definition) is 1. The van der Waals surface area contributed by atoms with E-state index in [1.54, 1.807) is 0 Å². The molecule has 0 rings (SSSR count). The third kappa shape index (κ3) is 3.49. The molecule has 0 bridgehead atoms. The quantitative estimate of drug-likeness (QED) is 0.654. The van der Waals surface area contributed by atoms with Crippen LogP contribution in [-0.4, -0.2) is 11.1 Å². The first-order chi connectivity index (χ1) is 4.57. The van der Waals surface area contributed by atoms with E-state index in [9.17, 15) is 4.79 Å². The minimum Gasteiger partial charge on any atom is -0.481 e. The first-order valence-corrected chi connectivity index (χ1v) is 3.64. The average Bonchev–Trinajstić information content (AvgIpc) is 1.81. The summed E-state index contributed by atoms with van der Waals surface area (Å²) in [5.41, 5.74) is 0. The van der Waals surface area contributed by atoms with Crippen LogP contribution in [0, 0.1) is 11.8 Å². The van der Waals surface area contributed by atoms with Crippen LogP contribution in [0.2, 0.25) is 0 Å². The number of aliphatic carboxylic acids is 1. The van der Waals surface area contributed by atoms with Crippen molar-refractivity contribution in [2.24, 2.45) is 5.92 Å². The van der Waals surface area contributed by atoms with Crippen molar-refractivity contribution in [3.05, 3.63) is 5.92 Å². The molecule has 10 heavy (non-hydrogen) atoms. The largest absolute Gasteiger partial charge is 0.481 e. The van der Waals surface area contributed by atoms with E-state index >= 15 is 0 Å². The number of hydrogen-bond donors (Lipinski definition) is 1. The van der Waals surface area contributed by atoms with Crippen molar-refractivity contribution in [1.82, 2.24) is 0 Å². The second-order valence-electron chi connectivity index (χ2n) is 2.74.